The molecule has 1 atom stereocenters. The summed E-state index contributed by atoms with van der Waals surface area (Å²) in [6.07, 6.45) is 0. The number of nitrogens with zero attached hydrogens (tertiary/aromatic N) is 3. The van der Waals surface area contributed by atoms with E-state index in [0.717, 1.165) is 28.3 Å². The molecule has 0 saturated carbocycles. The van der Waals surface area contributed by atoms with E-state index in [4.69, 9.17) is 19.0 Å². The molecule has 1 N–H and O–H groups in total. The van der Waals surface area contributed by atoms with Gasteiger partial charge in [0, 0.05) is 11.3 Å². The molecule has 0 bridgehead atoms. The lowest BCUT2D eigenvalue weighted by Crippen LogP contribution is -2.46. The fourth-order valence-corrected chi connectivity index (χ4v) is 4.27. The molecule has 0 spiro atoms. The number of anilines is 1. The molecule has 2 heterocycles. The van der Waals surface area contributed by atoms with Crippen LogP contribution in [0.1, 0.15) is 31.3 Å². The number of amides is 2. The molecule has 2 amide bonds. The van der Waals surface area contributed by atoms with Crippen molar-refractivity contribution in [2.24, 2.45) is 0 Å². The van der Waals surface area contributed by atoms with Gasteiger partial charge in [-0.3, -0.25) is 4.90 Å². The second kappa shape index (κ2) is 9.95. The van der Waals surface area contributed by atoms with E-state index in [-0.39, 0.29) is 6.03 Å². The first-order chi connectivity index (χ1) is 17.6. The topological polar surface area (TPSA) is 89.7 Å². The first-order valence-electron chi connectivity index (χ1n) is 11.7. The van der Waals surface area contributed by atoms with Crippen LogP contribution in [0.4, 0.5) is 10.5 Å². The summed E-state index contributed by atoms with van der Waals surface area (Å²) in [6, 6.07) is 23.8. The maximum absolute atomic E-state index is 13.3. The normalized spacial score (nSPS) is 15.6. The number of hydrogen-bond acceptors (Lipinski definition) is 6. The van der Waals surface area contributed by atoms with Gasteiger partial charge in [0.15, 0.2) is 0 Å². The minimum Gasteiger partial charge on any atom is -0.497 e. The molecule has 0 radical (unpaired) electrons. The van der Waals surface area contributed by atoms with Gasteiger partial charge in [0.2, 0.25) is 5.82 Å². The van der Waals surface area contributed by atoms with Gasteiger partial charge >= 0.3 is 6.03 Å². The molecule has 36 heavy (non-hydrogen) atoms. The molecule has 1 aromatic heterocycles. The van der Waals surface area contributed by atoms with Crippen LogP contribution in [0.3, 0.4) is 0 Å². The number of benzene rings is 3. The van der Waals surface area contributed by atoms with Gasteiger partial charge in [-0.25, -0.2) is 4.79 Å². The smallest absolute Gasteiger partial charge is 0.326 e. The number of allylic oxidation sites excluding steroid dienone is 1. The number of rotatable bonds is 7. The minimum atomic E-state index is -0.489. The quantitative estimate of drug-likeness (QED) is 0.356. The van der Waals surface area contributed by atoms with Crippen molar-refractivity contribution in [3.8, 4) is 22.9 Å². The van der Waals surface area contributed by atoms with Gasteiger partial charge in [0.25, 0.3) is 5.89 Å². The van der Waals surface area contributed by atoms with Crippen molar-refractivity contribution in [1.29, 1.82) is 0 Å². The summed E-state index contributed by atoms with van der Waals surface area (Å²) in [5, 5.41) is 7.34. The van der Waals surface area contributed by atoms with Crippen molar-refractivity contribution in [2.75, 3.05) is 18.6 Å². The van der Waals surface area contributed by atoms with Crippen molar-refractivity contribution in [3.63, 3.8) is 0 Å². The summed E-state index contributed by atoms with van der Waals surface area (Å²) in [7, 11) is 1.62. The van der Waals surface area contributed by atoms with Crippen LogP contribution in [0.2, 0.25) is 0 Å². The van der Waals surface area contributed by atoms with Crippen LogP contribution in [-0.4, -0.2) is 29.9 Å². The van der Waals surface area contributed by atoms with Crippen LogP contribution < -0.4 is 19.7 Å². The van der Waals surface area contributed by atoms with Crippen molar-refractivity contribution in [3.05, 3.63) is 96.0 Å². The molecule has 8 heteroatoms. The zero-order valence-electron chi connectivity index (χ0n) is 20.3. The summed E-state index contributed by atoms with van der Waals surface area (Å²) in [4.78, 5) is 19.6. The van der Waals surface area contributed by atoms with Crippen LogP contribution in [0.5, 0.6) is 11.5 Å². The van der Waals surface area contributed by atoms with Crippen LogP contribution in [-0.2, 0) is 0 Å². The first-order valence-corrected chi connectivity index (χ1v) is 11.7. The number of carbonyl (C=O) groups is 1. The summed E-state index contributed by atoms with van der Waals surface area (Å²) in [5.41, 5.74) is 3.82. The second-order valence-corrected chi connectivity index (χ2v) is 8.21. The third kappa shape index (κ3) is 4.40. The lowest BCUT2D eigenvalue weighted by Gasteiger charge is -2.35. The van der Waals surface area contributed by atoms with Crippen LogP contribution in [0.15, 0.2) is 89.1 Å². The van der Waals surface area contributed by atoms with Gasteiger partial charge in [-0.05, 0) is 67.9 Å². The molecule has 0 aliphatic carbocycles. The van der Waals surface area contributed by atoms with E-state index >= 15 is 0 Å². The van der Waals surface area contributed by atoms with E-state index in [1.165, 1.54) is 0 Å². The Balaban J connectivity index is 1.59. The molecular weight excluding hydrogens is 456 g/mol. The largest absolute Gasteiger partial charge is 0.497 e. The highest BCUT2D eigenvalue weighted by Crippen LogP contribution is 2.39. The molecule has 1 aliphatic heterocycles. The van der Waals surface area contributed by atoms with Gasteiger partial charge in [0.1, 0.15) is 11.5 Å². The van der Waals surface area contributed by atoms with Crippen molar-refractivity contribution in [2.45, 2.75) is 19.9 Å². The monoisotopic (exact) mass is 482 g/mol. The molecule has 3 aromatic carbocycles. The van der Waals surface area contributed by atoms with Gasteiger partial charge in [-0.2, -0.15) is 4.98 Å². The Hall–Kier alpha value is -4.59. The number of carbonyl (C=O) groups excluding carboxylic acids is 1. The highest BCUT2D eigenvalue weighted by atomic mass is 16.5. The van der Waals surface area contributed by atoms with Gasteiger partial charge in [-0.15, -0.1) is 0 Å². The standard InChI is InChI=1S/C28H26N4O4/c1-4-35-23-16-12-20(13-17-23)26-30-27(36-31-26)24-18(2)32(21-8-6-5-7-9-21)28(33)29-25(24)19-10-14-22(34-3)15-11-19/h5-17,25H,4H2,1-3H3,(H,29,33). The van der Waals surface area contributed by atoms with Gasteiger partial charge < -0.3 is 19.3 Å². The number of hydrogen-bond donors (Lipinski definition) is 1. The van der Waals surface area contributed by atoms with Crippen LogP contribution >= 0.6 is 0 Å². The third-order valence-electron chi connectivity index (χ3n) is 6.03. The number of urea groups is 1. The van der Waals surface area contributed by atoms with E-state index < -0.39 is 6.04 Å². The molecule has 8 nitrogen and oxygen atoms in total. The fraction of sp³-hybridized carbons (Fsp3) is 0.179. The summed E-state index contributed by atoms with van der Waals surface area (Å²) in [6.45, 7) is 4.42. The molecule has 5 rings (SSSR count). The molecular formula is C28H26N4O4. The zero-order chi connectivity index (χ0) is 25.1. The summed E-state index contributed by atoms with van der Waals surface area (Å²) < 4.78 is 16.6. The highest BCUT2D eigenvalue weighted by molar-refractivity contribution is 6.01. The Morgan fingerprint density at radius 2 is 1.67 bits per heavy atom. The average molecular weight is 483 g/mol. The molecule has 182 valence electrons. The number of nitrogens with one attached hydrogen (secondary N) is 1. The zero-order valence-corrected chi connectivity index (χ0v) is 20.3. The molecule has 1 unspecified atom stereocenters. The molecule has 0 fully saturated rings. The second-order valence-electron chi connectivity index (χ2n) is 8.21. The Morgan fingerprint density at radius 1 is 0.972 bits per heavy atom. The van der Waals surface area contributed by atoms with Gasteiger partial charge in [-0.1, -0.05) is 35.5 Å². The Bertz CT molecular complexity index is 1380. The number of aromatic nitrogens is 2. The van der Waals surface area contributed by atoms with Crippen molar-refractivity contribution >= 4 is 17.3 Å². The maximum Gasteiger partial charge on any atom is 0.326 e. The van der Waals surface area contributed by atoms with Crippen molar-refractivity contribution < 1.29 is 18.8 Å². The predicted octanol–water partition coefficient (Wildman–Crippen LogP) is 5.85. The minimum absolute atomic E-state index is 0.241. The Labute approximate surface area is 209 Å². The maximum atomic E-state index is 13.3. The summed E-state index contributed by atoms with van der Waals surface area (Å²) >= 11 is 0. The van der Waals surface area contributed by atoms with Crippen molar-refractivity contribution in [1.82, 2.24) is 15.5 Å². The van der Waals surface area contributed by atoms with Crippen LogP contribution in [0.25, 0.3) is 17.0 Å². The first kappa shape index (κ1) is 23.2. The fourth-order valence-electron chi connectivity index (χ4n) is 4.27. The average Bonchev–Trinajstić information content (AvgIpc) is 3.39. The van der Waals surface area contributed by atoms with E-state index in [2.05, 4.69) is 10.5 Å². The lowest BCUT2D eigenvalue weighted by atomic mass is 9.94. The predicted molar refractivity (Wildman–Crippen MR) is 137 cm³/mol. The molecule has 4 aromatic rings. The van der Waals surface area contributed by atoms with E-state index in [1.807, 2.05) is 92.7 Å². The number of ether oxygens (including phenoxy) is 2. The van der Waals surface area contributed by atoms with E-state index in [9.17, 15) is 4.79 Å². The SMILES string of the molecule is CCOc1ccc(-c2noc(C3=C(C)N(c4ccccc4)C(=O)NC3c3ccc(OC)cc3)n2)cc1. The van der Waals surface area contributed by atoms with E-state index in [1.54, 1.807) is 12.0 Å². The third-order valence-corrected chi connectivity index (χ3v) is 6.03. The molecule has 0 saturated heterocycles. The Kier molecular flexibility index (Phi) is 6.40. The number of para-hydroxylation sites is 1. The van der Waals surface area contributed by atoms with Crippen LogP contribution in [0, 0.1) is 0 Å². The van der Waals surface area contributed by atoms with Gasteiger partial charge in [0.05, 0.1) is 31.0 Å². The number of methoxy groups -OCH3 is 1. The molecule has 1 aliphatic rings. The highest BCUT2D eigenvalue weighted by Gasteiger charge is 2.36. The lowest BCUT2D eigenvalue weighted by molar-refractivity contribution is 0.244. The summed E-state index contributed by atoms with van der Waals surface area (Å²) in [5.74, 6) is 2.28. The Morgan fingerprint density at radius 3 is 2.33 bits per heavy atom. The van der Waals surface area contributed by atoms with E-state index in [0.29, 0.717) is 29.6 Å².